The molecule has 0 bridgehead atoms. The number of hydrogen-bond donors (Lipinski definition) is 1. The van der Waals surface area contributed by atoms with Gasteiger partial charge in [0.25, 0.3) is 0 Å². The largest absolute Gasteiger partial charge is 0.467 e. The summed E-state index contributed by atoms with van der Waals surface area (Å²) in [5, 5.41) is 2.53. The average Bonchev–Trinajstić information content (AvgIpc) is 2.36. The van der Waals surface area contributed by atoms with Crippen LogP contribution in [0.15, 0.2) is 24.3 Å². The number of methoxy groups -OCH3 is 1. The molecule has 1 atom stereocenters. The summed E-state index contributed by atoms with van der Waals surface area (Å²) < 4.78 is 17.7. The average molecular weight is 282 g/mol. The number of nitrogens with zero attached hydrogens (tertiary/aromatic N) is 1. The first kappa shape index (κ1) is 16.1. The molecule has 1 rings (SSSR count). The maximum atomic E-state index is 13.1. The summed E-state index contributed by atoms with van der Waals surface area (Å²) in [5.74, 6) is -1.12. The molecule has 0 spiro atoms. The zero-order valence-corrected chi connectivity index (χ0v) is 11.9. The highest BCUT2D eigenvalue weighted by atomic mass is 19.1. The fourth-order valence-corrected chi connectivity index (χ4v) is 1.89. The first-order valence-corrected chi connectivity index (χ1v) is 6.20. The van der Waals surface area contributed by atoms with Crippen LogP contribution in [0.2, 0.25) is 0 Å². The number of likely N-dealkylation sites (N-methyl/N-ethyl adjacent to an activating group) is 1. The Balaban J connectivity index is 2.63. The van der Waals surface area contributed by atoms with E-state index in [4.69, 9.17) is 0 Å². The molecule has 1 aromatic rings. The van der Waals surface area contributed by atoms with Crippen molar-refractivity contribution in [3.63, 3.8) is 0 Å². The van der Waals surface area contributed by atoms with Gasteiger partial charge in [0.05, 0.1) is 7.11 Å². The Kier molecular flexibility index (Phi) is 6.11. The molecule has 0 aliphatic rings. The molecule has 1 aromatic carbocycles. The number of benzene rings is 1. The summed E-state index contributed by atoms with van der Waals surface area (Å²) in [6.45, 7) is 2.08. The Morgan fingerprint density at radius 1 is 1.45 bits per heavy atom. The second-order valence-corrected chi connectivity index (χ2v) is 4.60. The summed E-state index contributed by atoms with van der Waals surface area (Å²) in [6, 6.07) is 5.49. The van der Waals surface area contributed by atoms with Crippen molar-refractivity contribution in [2.45, 2.75) is 19.5 Å². The van der Waals surface area contributed by atoms with Gasteiger partial charge in [0.2, 0.25) is 5.91 Å². The van der Waals surface area contributed by atoms with E-state index in [9.17, 15) is 14.0 Å². The Hall–Kier alpha value is -1.95. The van der Waals surface area contributed by atoms with E-state index >= 15 is 0 Å². The van der Waals surface area contributed by atoms with Crippen LogP contribution in [0.25, 0.3) is 0 Å². The standard InChI is InChI=1S/C14H19FN2O3/c1-10(18)16-13(14(19)20-3)9-17(2)8-11-5-4-6-12(15)7-11/h4-7,13H,8-9H2,1-3H3,(H,16,18). The van der Waals surface area contributed by atoms with E-state index in [1.807, 2.05) is 4.90 Å². The van der Waals surface area contributed by atoms with Crippen molar-refractivity contribution in [3.8, 4) is 0 Å². The number of rotatable bonds is 6. The van der Waals surface area contributed by atoms with Crippen LogP contribution in [-0.4, -0.2) is 43.5 Å². The Bertz CT molecular complexity index is 479. The highest BCUT2D eigenvalue weighted by Crippen LogP contribution is 2.07. The van der Waals surface area contributed by atoms with Gasteiger partial charge in [-0.1, -0.05) is 12.1 Å². The minimum absolute atomic E-state index is 0.281. The van der Waals surface area contributed by atoms with Crippen LogP contribution >= 0.6 is 0 Å². The molecule has 110 valence electrons. The van der Waals surface area contributed by atoms with Crippen LogP contribution < -0.4 is 5.32 Å². The van der Waals surface area contributed by atoms with Gasteiger partial charge in [0.1, 0.15) is 11.9 Å². The summed E-state index contributed by atoms with van der Waals surface area (Å²) >= 11 is 0. The molecule has 1 unspecified atom stereocenters. The Morgan fingerprint density at radius 3 is 2.70 bits per heavy atom. The molecule has 0 radical (unpaired) electrons. The van der Waals surface area contributed by atoms with Gasteiger partial charge in [0, 0.05) is 20.0 Å². The highest BCUT2D eigenvalue weighted by molar-refractivity contribution is 5.83. The minimum atomic E-state index is -0.740. The molecule has 0 aliphatic heterocycles. The van der Waals surface area contributed by atoms with Gasteiger partial charge in [0.15, 0.2) is 0 Å². The first-order valence-electron chi connectivity index (χ1n) is 6.20. The van der Waals surface area contributed by atoms with Crippen LogP contribution in [0.3, 0.4) is 0 Å². The third kappa shape index (κ3) is 5.36. The number of carbonyl (C=O) groups is 2. The van der Waals surface area contributed by atoms with E-state index in [-0.39, 0.29) is 18.3 Å². The third-order valence-electron chi connectivity index (χ3n) is 2.70. The van der Waals surface area contributed by atoms with Gasteiger partial charge in [-0.05, 0) is 24.7 Å². The maximum absolute atomic E-state index is 13.1. The van der Waals surface area contributed by atoms with Gasteiger partial charge in [-0.25, -0.2) is 9.18 Å². The van der Waals surface area contributed by atoms with Crippen molar-refractivity contribution in [2.75, 3.05) is 20.7 Å². The van der Waals surface area contributed by atoms with Crippen LogP contribution in [-0.2, 0) is 20.9 Å². The van der Waals surface area contributed by atoms with Crippen molar-refractivity contribution >= 4 is 11.9 Å². The monoisotopic (exact) mass is 282 g/mol. The van der Waals surface area contributed by atoms with Crippen molar-refractivity contribution in [1.29, 1.82) is 0 Å². The third-order valence-corrected chi connectivity index (χ3v) is 2.70. The number of amides is 1. The second kappa shape index (κ2) is 7.59. The van der Waals surface area contributed by atoms with Crippen LogP contribution in [0.4, 0.5) is 4.39 Å². The summed E-state index contributed by atoms with van der Waals surface area (Å²) in [4.78, 5) is 24.4. The number of nitrogens with one attached hydrogen (secondary N) is 1. The summed E-state index contributed by atoms with van der Waals surface area (Å²) in [5.41, 5.74) is 0.791. The zero-order chi connectivity index (χ0) is 15.1. The topological polar surface area (TPSA) is 58.6 Å². The summed E-state index contributed by atoms with van der Waals surface area (Å²) in [6.07, 6.45) is 0. The molecule has 0 heterocycles. The Morgan fingerprint density at radius 2 is 2.15 bits per heavy atom. The molecule has 0 fully saturated rings. The second-order valence-electron chi connectivity index (χ2n) is 4.60. The molecule has 6 heteroatoms. The molecule has 0 aliphatic carbocycles. The molecular weight excluding hydrogens is 263 g/mol. The molecule has 1 N–H and O–H groups in total. The van der Waals surface area contributed by atoms with Crippen LogP contribution in [0.5, 0.6) is 0 Å². The lowest BCUT2D eigenvalue weighted by atomic mass is 10.2. The predicted octanol–water partition coefficient (Wildman–Crippen LogP) is 0.935. The fourth-order valence-electron chi connectivity index (χ4n) is 1.89. The normalized spacial score (nSPS) is 12.1. The van der Waals surface area contributed by atoms with Gasteiger partial charge >= 0.3 is 5.97 Å². The lowest BCUT2D eigenvalue weighted by molar-refractivity contribution is -0.145. The lowest BCUT2D eigenvalue weighted by Gasteiger charge is -2.22. The van der Waals surface area contributed by atoms with E-state index in [2.05, 4.69) is 10.1 Å². The van der Waals surface area contributed by atoms with Gasteiger partial charge < -0.3 is 10.1 Å². The fraction of sp³-hybridized carbons (Fsp3) is 0.429. The quantitative estimate of drug-likeness (QED) is 0.789. The molecule has 5 nitrogen and oxygen atoms in total. The van der Waals surface area contributed by atoms with Crippen LogP contribution in [0, 0.1) is 5.82 Å². The number of halogens is 1. The SMILES string of the molecule is COC(=O)C(CN(C)Cc1cccc(F)c1)NC(C)=O. The smallest absolute Gasteiger partial charge is 0.329 e. The molecule has 0 saturated heterocycles. The number of carbonyl (C=O) groups excluding carboxylic acids is 2. The molecule has 20 heavy (non-hydrogen) atoms. The zero-order valence-electron chi connectivity index (χ0n) is 11.9. The molecular formula is C14H19FN2O3. The van der Waals surface area contributed by atoms with E-state index in [1.54, 1.807) is 19.2 Å². The molecule has 0 aromatic heterocycles. The predicted molar refractivity (Wildman–Crippen MR) is 72.4 cm³/mol. The van der Waals surface area contributed by atoms with Crippen LogP contribution in [0.1, 0.15) is 12.5 Å². The van der Waals surface area contributed by atoms with E-state index in [0.29, 0.717) is 6.54 Å². The van der Waals surface area contributed by atoms with Crippen molar-refractivity contribution < 1.29 is 18.7 Å². The number of esters is 1. The molecule has 0 saturated carbocycles. The van der Waals surface area contributed by atoms with Crippen molar-refractivity contribution in [2.24, 2.45) is 0 Å². The van der Waals surface area contributed by atoms with E-state index < -0.39 is 12.0 Å². The van der Waals surface area contributed by atoms with E-state index in [1.165, 1.54) is 26.2 Å². The van der Waals surface area contributed by atoms with Gasteiger partial charge in [-0.15, -0.1) is 0 Å². The highest BCUT2D eigenvalue weighted by Gasteiger charge is 2.21. The lowest BCUT2D eigenvalue weighted by Crippen LogP contribution is -2.47. The minimum Gasteiger partial charge on any atom is -0.467 e. The summed E-state index contributed by atoms with van der Waals surface area (Å²) in [7, 11) is 3.05. The first-order chi connectivity index (χ1) is 9.42. The number of ether oxygens (including phenoxy) is 1. The van der Waals surface area contributed by atoms with Gasteiger partial charge in [-0.2, -0.15) is 0 Å². The Labute approximate surface area is 117 Å². The van der Waals surface area contributed by atoms with E-state index in [0.717, 1.165) is 5.56 Å². The van der Waals surface area contributed by atoms with Crippen molar-refractivity contribution in [1.82, 2.24) is 10.2 Å². The molecule has 1 amide bonds. The maximum Gasteiger partial charge on any atom is 0.329 e. The number of hydrogen-bond acceptors (Lipinski definition) is 4. The van der Waals surface area contributed by atoms with Crippen molar-refractivity contribution in [3.05, 3.63) is 35.6 Å². The van der Waals surface area contributed by atoms with Gasteiger partial charge in [-0.3, -0.25) is 9.69 Å².